The SMILES string of the molecule is CC1CCc2sc(C(=O)N(CC(N)=O)CC(=O)O)cc2C1. The van der Waals surface area contributed by atoms with Crippen LogP contribution in [0.15, 0.2) is 6.07 Å². The van der Waals surface area contributed by atoms with E-state index in [0.717, 1.165) is 29.7 Å². The summed E-state index contributed by atoms with van der Waals surface area (Å²) in [6.45, 7) is 1.26. The number of amides is 2. The van der Waals surface area contributed by atoms with Gasteiger partial charge in [-0.05, 0) is 36.8 Å². The topological polar surface area (TPSA) is 101 Å². The Hall–Kier alpha value is -1.89. The maximum Gasteiger partial charge on any atom is 0.323 e. The van der Waals surface area contributed by atoms with Gasteiger partial charge in [0.15, 0.2) is 0 Å². The number of carboxylic acids is 1. The second-order valence-electron chi connectivity index (χ2n) is 5.43. The van der Waals surface area contributed by atoms with E-state index in [1.54, 1.807) is 0 Å². The molecule has 7 heteroatoms. The summed E-state index contributed by atoms with van der Waals surface area (Å²) >= 11 is 1.39. The summed E-state index contributed by atoms with van der Waals surface area (Å²) in [5, 5.41) is 8.85. The van der Waals surface area contributed by atoms with Crippen molar-refractivity contribution in [3.8, 4) is 0 Å². The van der Waals surface area contributed by atoms with Crippen molar-refractivity contribution >= 4 is 29.1 Å². The van der Waals surface area contributed by atoms with Gasteiger partial charge in [0.2, 0.25) is 5.91 Å². The number of hydrogen-bond acceptors (Lipinski definition) is 4. The second-order valence-corrected chi connectivity index (χ2v) is 6.57. The fraction of sp³-hybridized carbons (Fsp3) is 0.500. The largest absolute Gasteiger partial charge is 0.480 e. The van der Waals surface area contributed by atoms with E-state index in [0.29, 0.717) is 10.8 Å². The lowest BCUT2D eigenvalue weighted by Crippen LogP contribution is -2.41. The van der Waals surface area contributed by atoms with E-state index >= 15 is 0 Å². The maximum atomic E-state index is 12.4. The molecule has 1 aliphatic rings. The van der Waals surface area contributed by atoms with Gasteiger partial charge in [-0.15, -0.1) is 11.3 Å². The van der Waals surface area contributed by atoms with Crippen molar-refractivity contribution in [2.24, 2.45) is 11.7 Å². The summed E-state index contributed by atoms with van der Waals surface area (Å²) in [4.78, 5) is 36.9. The number of aliphatic carboxylic acids is 1. The molecule has 1 aromatic rings. The smallest absolute Gasteiger partial charge is 0.323 e. The molecule has 0 aromatic carbocycles. The lowest BCUT2D eigenvalue weighted by atomic mass is 9.90. The molecule has 3 N–H and O–H groups in total. The highest BCUT2D eigenvalue weighted by molar-refractivity contribution is 7.14. The number of nitrogens with zero attached hydrogens (tertiary/aromatic N) is 1. The number of carbonyl (C=O) groups is 3. The van der Waals surface area contributed by atoms with Gasteiger partial charge in [0.05, 0.1) is 4.88 Å². The molecular weight excluding hydrogens is 292 g/mol. The lowest BCUT2D eigenvalue weighted by molar-refractivity contribution is -0.138. The predicted octanol–water partition coefficient (Wildman–Crippen LogP) is 0.885. The van der Waals surface area contributed by atoms with Gasteiger partial charge in [-0.2, -0.15) is 0 Å². The minimum absolute atomic E-state index is 0.385. The van der Waals surface area contributed by atoms with E-state index < -0.39 is 24.3 Å². The molecule has 0 saturated carbocycles. The molecule has 1 aromatic heterocycles. The summed E-state index contributed by atoms with van der Waals surface area (Å²) in [5.41, 5.74) is 6.24. The highest BCUT2D eigenvalue weighted by atomic mass is 32.1. The highest BCUT2D eigenvalue weighted by Crippen LogP contribution is 2.32. The normalized spacial score (nSPS) is 17.1. The van der Waals surface area contributed by atoms with Crippen LogP contribution in [0.1, 0.15) is 33.5 Å². The number of carboxylic acid groups (broad SMARTS) is 1. The molecule has 2 rings (SSSR count). The molecule has 6 nitrogen and oxygen atoms in total. The van der Waals surface area contributed by atoms with Crippen LogP contribution in [0.25, 0.3) is 0 Å². The van der Waals surface area contributed by atoms with E-state index in [1.807, 2.05) is 6.07 Å². The minimum Gasteiger partial charge on any atom is -0.480 e. The summed E-state index contributed by atoms with van der Waals surface area (Å²) in [6, 6.07) is 1.83. The monoisotopic (exact) mass is 310 g/mol. The number of fused-ring (bicyclic) bond motifs is 1. The molecule has 0 aliphatic heterocycles. The molecule has 0 saturated heterocycles. The standard InChI is InChI=1S/C14H18N2O4S/c1-8-2-3-10-9(4-8)5-11(21-10)14(20)16(6-12(15)17)7-13(18)19/h5,8H,2-4,6-7H2,1H3,(H2,15,17)(H,18,19). The van der Waals surface area contributed by atoms with Crippen LogP contribution in [0, 0.1) is 5.92 Å². The molecule has 0 spiro atoms. The fourth-order valence-electron chi connectivity index (χ4n) is 2.52. The van der Waals surface area contributed by atoms with Crippen LogP contribution in [0.5, 0.6) is 0 Å². The average molecular weight is 310 g/mol. The van der Waals surface area contributed by atoms with Crippen molar-refractivity contribution in [1.29, 1.82) is 0 Å². The zero-order valence-corrected chi connectivity index (χ0v) is 12.6. The number of thiophene rings is 1. The Kier molecular flexibility index (Phi) is 4.62. The van der Waals surface area contributed by atoms with Crippen LogP contribution in [0.4, 0.5) is 0 Å². The summed E-state index contributed by atoms with van der Waals surface area (Å²) in [7, 11) is 0. The third-order valence-corrected chi connectivity index (χ3v) is 4.73. The third-order valence-electron chi connectivity index (χ3n) is 3.50. The molecule has 114 valence electrons. The first-order chi connectivity index (χ1) is 9.86. The van der Waals surface area contributed by atoms with Gasteiger partial charge in [0, 0.05) is 4.88 Å². The molecule has 21 heavy (non-hydrogen) atoms. The Bertz CT molecular complexity index is 566. The Balaban J connectivity index is 2.20. The van der Waals surface area contributed by atoms with Gasteiger partial charge in [0.1, 0.15) is 13.1 Å². The van der Waals surface area contributed by atoms with Gasteiger partial charge in [0.25, 0.3) is 5.91 Å². The van der Waals surface area contributed by atoms with Crippen molar-refractivity contribution in [3.05, 3.63) is 21.4 Å². The number of primary amides is 1. The number of nitrogens with two attached hydrogens (primary N) is 1. The molecule has 1 atom stereocenters. The number of rotatable bonds is 5. The Labute approximate surface area is 126 Å². The first-order valence-corrected chi connectivity index (χ1v) is 7.59. The minimum atomic E-state index is -1.17. The van der Waals surface area contributed by atoms with Crippen molar-refractivity contribution in [2.45, 2.75) is 26.2 Å². The van der Waals surface area contributed by atoms with Gasteiger partial charge >= 0.3 is 5.97 Å². The van der Waals surface area contributed by atoms with E-state index in [1.165, 1.54) is 16.2 Å². The van der Waals surface area contributed by atoms with Crippen LogP contribution >= 0.6 is 11.3 Å². The zero-order chi connectivity index (χ0) is 15.6. The molecule has 2 amide bonds. The van der Waals surface area contributed by atoms with Gasteiger partial charge < -0.3 is 15.7 Å². The number of aryl methyl sites for hydroxylation is 1. The molecular formula is C14H18N2O4S. The van der Waals surface area contributed by atoms with E-state index in [-0.39, 0.29) is 6.54 Å². The summed E-state index contributed by atoms with van der Waals surface area (Å²) < 4.78 is 0. The number of carbonyl (C=O) groups excluding carboxylic acids is 2. The van der Waals surface area contributed by atoms with E-state index in [2.05, 4.69) is 6.92 Å². The van der Waals surface area contributed by atoms with Crippen LogP contribution in [-0.4, -0.2) is 40.9 Å². The van der Waals surface area contributed by atoms with Crippen molar-refractivity contribution in [1.82, 2.24) is 4.90 Å². The van der Waals surface area contributed by atoms with Crippen LogP contribution in [0.2, 0.25) is 0 Å². The highest BCUT2D eigenvalue weighted by Gasteiger charge is 2.25. The van der Waals surface area contributed by atoms with Crippen molar-refractivity contribution in [3.63, 3.8) is 0 Å². The molecule has 0 bridgehead atoms. The fourth-order valence-corrected chi connectivity index (χ4v) is 3.69. The molecule has 1 heterocycles. The summed E-state index contributed by atoms with van der Waals surface area (Å²) in [5.74, 6) is -1.74. The Morgan fingerprint density at radius 1 is 1.43 bits per heavy atom. The zero-order valence-electron chi connectivity index (χ0n) is 11.8. The van der Waals surface area contributed by atoms with Crippen LogP contribution < -0.4 is 5.73 Å². The van der Waals surface area contributed by atoms with Crippen LogP contribution in [0.3, 0.4) is 0 Å². The van der Waals surface area contributed by atoms with Gasteiger partial charge in [-0.1, -0.05) is 6.92 Å². The van der Waals surface area contributed by atoms with E-state index in [4.69, 9.17) is 10.8 Å². The molecule has 1 aliphatic carbocycles. The van der Waals surface area contributed by atoms with Gasteiger partial charge in [-0.3, -0.25) is 14.4 Å². The van der Waals surface area contributed by atoms with Crippen LogP contribution in [-0.2, 0) is 22.4 Å². The Morgan fingerprint density at radius 3 is 2.76 bits per heavy atom. The lowest BCUT2D eigenvalue weighted by Gasteiger charge is -2.17. The molecule has 1 unspecified atom stereocenters. The molecule has 0 fully saturated rings. The number of hydrogen-bond donors (Lipinski definition) is 2. The predicted molar refractivity (Wildman–Crippen MR) is 78.2 cm³/mol. The van der Waals surface area contributed by atoms with E-state index in [9.17, 15) is 14.4 Å². The van der Waals surface area contributed by atoms with Gasteiger partial charge in [-0.25, -0.2) is 0 Å². The van der Waals surface area contributed by atoms with Crippen molar-refractivity contribution < 1.29 is 19.5 Å². The Morgan fingerprint density at radius 2 is 2.14 bits per heavy atom. The average Bonchev–Trinajstić information content (AvgIpc) is 2.78. The maximum absolute atomic E-state index is 12.4. The second kappa shape index (κ2) is 6.26. The molecule has 0 radical (unpaired) electrons. The third kappa shape index (κ3) is 3.81. The first kappa shape index (κ1) is 15.5. The quantitative estimate of drug-likeness (QED) is 0.843. The van der Waals surface area contributed by atoms with Crippen molar-refractivity contribution in [2.75, 3.05) is 13.1 Å². The first-order valence-electron chi connectivity index (χ1n) is 6.77. The summed E-state index contributed by atoms with van der Waals surface area (Å²) in [6.07, 6.45) is 2.98.